The van der Waals surface area contributed by atoms with Crippen molar-refractivity contribution >= 4 is 33.4 Å². The van der Waals surface area contributed by atoms with Crippen LogP contribution >= 0.6 is 15.9 Å². The van der Waals surface area contributed by atoms with Crippen LogP contribution in [0.1, 0.15) is 20.3 Å². The normalized spacial score (nSPS) is 18.8. The highest BCUT2D eigenvalue weighted by Crippen LogP contribution is 2.32. The van der Waals surface area contributed by atoms with Crippen LogP contribution in [0.4, 0.5) is 14.5 Å². The van der Waals surface area contributed by atoms with Crippen molar-refractivity contribution in [2.24, 2.45) is 0 Å². The van der Waals surface area contributed by atoms with E-state index in [4.69, 9.17) is 0 Å². The largest absolute Gasteiger partial charge is 0.342 e. The minimum absolute atomic E-state index is 0.0370. The second-order valence-corrected chi connectivity index (χ2v) is 5.95. The van der Waals surface area contributed by atoms with E-state index in [9.17, 15) is 18.4 Å². The van der Waals surface area contributed by atoms with Gasteiger partial charge in [-0.1, -0.05) is 0 Å². The zero-order valence-electron chi connectivity index (χ0n) is 11.0. The van der Waals surface area contributed by atoms with Gasteiger partial charge in [-0.25, -0.2) is 8.78 Å². The van der Waals surface area contributed by atoms with E-state index < -0.39 is 23.1 Å². The number of benzene rings is 1. The van der Waals surface area contributed by atoms with Crippen LogP contribution in [0, 0.1) is 11.6 Å². The van der Waals surface area contributed by atoms with Gasteiger partial charge in [0, 0.05) is 23.5 Å². The fraction of sp³-hybridized carbons (Fsp3) is 0.385. The van der Waals surface area contributed by atoms with Gasteiger partial charge in [-0.3, -0.25) is 9.59 Å². The molecule has 0 spiro atoms. The summed E-state index contributed by atoms with van der Waals surface area (Å²) >= 11 is 3.06. The molecule has 1 N–H and O–H groups in total. The first-order chi connectivity index (χ1) is 9.22. The summed E-state index contributed by atoms with van der Waals surface area (Å²) in [5, 5.41) is 2.58. The van der Waals surface area contributed by atoms with Gasteiger partial charge in [0.05, 0.1) is 5.69 Å². The summed E-state index contributed by atoms with van der Waals surface area (Å²) in [5.41, 5.74) is -1.20. The van der Waals surface area contributed by atoms with E-state index in [-0.39, 0.29) is 29.0 Å². The summed E-state index contributed by atoms with van der Waals surface area (Å²) in [6, 6.07) is 1.79. The molecule has 1 aliphatic heterocycles. The Labute approximate surface area is 123 Å². The Hall–Kier alpha value is -1.50. The number of carbonyl (C=O) groups is 2. The number of nitrogens with zero attached hydrogens (tertiary/aromatic N) is 1. The van der Waals surface area contributed by atoms with E-state index in [1.807, 2.05) is 0 Å². The minimum Gasteiger partial charge on any atom is -0.342 e. The van der Waals surface area contributed by atoms with Crippen molar-refractivity contribution in [3.8, 4) is 0 Å². The first kappa shape index (κ1) is 14.9. The van der Waals surface area contributed by atoms with E-state index in [0.29, 0.717) is 6.07 Å². The molecule has 1 heterocycles. The van der Waals surface area contributed by atoms with Gasteiger partial charge in [-0.2, -0.15) is 0 Å². The van der Waals surface area contributed by atoms with Gasteiger partial charge in [0.1, 0.15) is 11.4 Å². The van der Waals surface area contributed by atoms with Crippen LogP contribution in [0.5, 0.6) is 0 Å². The lowest BCUT2D eigenvalue weighted by molar-refractivity contribution is -0.128. The van der Waals surface area contributed by atoms with Crippen molar-refractivity contribution < 1.29 is 18.4 Å². The van der Waals surface area contributed by atoms with E-state index in [2.05, 4.69) is 21.2 Å². The molecule has 7 heteroatoms. The second-order valence-electron chi connectivity index (χ2n) is 5.10. The van der Waals surface area contributed by atoms with Gasteiger partial charge in [-0.15, -0.1) is 0 Å². The van der Waals surface area contributed by atoms with Crippen LogP contribution in [-0.2, 0) is 9.59 Å². The van der Waals surface area contributed by atoms with Crippen molar-refractivity contribution in [3.63, 3.8) is 0 Å². The zero-order chi connectivity index (χ0) is 15.1. The number of hydrogen-bond donors (Lipinski definition) is 1. The maximum absolute atomic E-state index is 14.0. The number of carbonyl (C=O) groups excluding carboxylic acids is 2. The molecular formula is C13H13BrF2N2O2. The van der Waals surface area contributed by atoms with E-state index >= 15 is 0 Å². The topological polar surface area (TPSA) is 49.4 Å². The highest BCUT2D eigenvalue weighted by atomic mass is 79.9. The van der Waals surface area contributed by atoms with Crippen LogP contribution in [-0.4, -0.2) is 23.9 Å². The van der Waals surface area contributed by atoms with Crippen LogP contribution in [0.25, 0.3) is 0 Å². The van der Waals surface area contributed by atoms with Gasteiger partial charge < -0.3 is 10.2 Å². The predicted octanol–water partition coefficient (Wildman–Crippen LogP) is 2.36. The Morgan fingerprint density at radius 2 is 1.95 bits per heavy atom. The highest BCUT2D eigenvalue weighted by molar-refractivity contribution is 9.10. The zero-order valence-corrected chi connectivity index (χ0v) is 12.6. The van der Waals surface area contributed by atoms with Crippen molar-refractivity contribution in [1.82, 2.24) is 5.32 Å². The van der Waals surface area contributed by atoms with E-state index in [1.54, 1.807) is 13.8 Å². The second kappa shape index (κ2) is 5.12. The fourth-order valence-electron chi connectivity index (χ4n) is 2.12. The van der Waals surface area contributed by atoms with Crippen LogP contribution < -0.4 is 10.2 Å². The number of rotatable bonds is 1. The van der Waals surface area contributed by atoms with Gasteiger partial charge >= 0.3 is 0 Å². The summed E-state index contributed by atoms with van der Waals surface area (Å²) in [5.74, 6) is -2.33. The minimum atomic E-state index is -1.14. The Morgan fingerprint density at radius 1 is 1.30 bits per heavy atom. The Bertz CT molecular complexity index is 567. The third-order valence-electron chi connectivity index (χ3n) is 3.05. The Balaban J connectivity index is 2.51. The summed E-state index contributed by atoms with van der Waals surface area (Å²) in [6.45, 7) is 3.12. The SMILES string of the molecule is CC1(C)NC(=O)CCN(c2c(F)cc(F)cc2Br)C1=O. The monoisotopic (exact) mass is 346 g/mol. The molecule has 20 heavy (non-hydrogen) atoms. The molecule has 0 radical (unpaired) electrons. The maximum atomic E-state index is 14.0. The molecule has 108 valence electrons. The van der Waals surface area contributed by atoms with E-state index in [1.165, 1.54) is 0 Å². The molecule has 1 aromatic carbocycles. The summed E-state index contributed by atoms with van der Waals surface area (Å²) in [4.78, 5) is 25.2. The standard InChI is InChI=1S/C13H13BrF2N2O2/c1-13(2)12(20)18(4-3-10(19)17-13)11-8(14)5-7(15)6-9(11)16/h5-6H,3-4H2,1-2H3,(H,17,19). The van der Waals surface area contributed by atoms with Crippen molar-refractivity contribution in [2.45, 2.75) is 25.8 Å². The molecule has 4 nitrogen and oxygen atoms in total. The first-order valence-electron chi connectivity index (χ1n) is 6.00. The summed E-state index contributed by atoms with van der Waals surface area (Å²) in [6.07, 6.45) is 0.0540. The number of amides is 2. The predicted molar refractivity (Wildman–Crippen MR) is 73.2 cm³/mol. The van der Waals surface area contributed by atoms with Gasteiger partial charge in [0.15, 0.2) is 5.82 Å². The Kier molecular flexibility index (Phi) is 3.82. The molecule has 0 bridgehead atoms. The number of hydrogen-bond acceptors (Lipinski definition) is 2. The molecule has 2 amide bonds. The molecule has 0 aliphatic carbocycles. The molecule has 1 aliphatic rings. The molecule has 0 atom stereocenters. The number of nitrogens with one attached hydrogen (secondary N) is 1. The summed E-state index contributed by atoms with van der Waals surface area (Å²) < 4.78 is 27.2. The van der Waals surface area contributed by atoms with Crippen molar-refractivity contribution in [3.05, 3.63) is 28.2 Å². The molecule has 2 rings (SSSR count). The van der Waals surface area contributed by atoms with Crippen molar-refractivity contribution in [2.75, 3.05) is 11.4 Å². The number of halogens is 3. The summed E-state index contributed by atoms with van der Waals surface area (Å²) in [7, 11) is 0. The fourth-order valence-corrected chi connectivity index (χ4v) is 2.74. The molecule has 0 aromatic heterocycles. The average Bonchev–Trinajstić information content (AvgIpc) is 2.38. The Morgan fingerprint density at radius 3 is 2.55 bits per heavy atom. The average molecular weight is 347 g/mol. The van der Waals surface area contributed by atoms with Crippen molar-refractivity contribution in [1.29, 1.82) is 0 Å². The lowest BCUT2D eigenvalue weighted by Gasteiger charge is -2.29. The van der Waals surface area contributed by atoms with Gasteiger partial charge in [-0.05, 0) is 35.8 Å². The lowest BCUT2D eigenvalue weighted by Crippen LogP contribution is -2.53. The lowest BCUT2D eigenvalue weighted by atomic mass is 10.0. The van der Waals surface area contributed by atoms with Gasteiger partial charge in [0.2, 0.25) is 5.91 Å². The van der Waals surface area contributed by atoms with Crippen LogP contribution in [0.3, 0.4) is 0 Å². The first-order valence-corrected chi connectivity index (χ1v) is 6.79. The van der Waals surface area contributed by atoms with Gasteiger partial charge in [0.25, 0.3) is 5.91 Å². The van der Waals surface area contributed by atoms with Crippen LogP contribution in [0.15, 0.2) is 16.6 Å². The molecule has 1 saturated heterocycles. The van der Waals surface area contributed by atoms with Crippen LogP contribution in [0.2, 0.25) is 0 Å². The molecule has 0 unspecified atom stereocenters. The molecule has 1 fully saturated rings. The molecule has 0 saturated carbocycles. The molecular weight excluding hydrogens is 334 g/mol. The highest BCUT2D eigenvalue weighted by Gasteiger charge is 2.38. The smallest absolute Gasteiger partial charge is 0.252 e. The third kappa shape index (κ3) is 2.67. The van der Waals surface area contributed by atoms with E-state index in [0.717, 1.165) is 11.0 Å². The quantitative estimate of drug-likeness (QED) is 0.848. The molecule has 1 aromatic rings. The number of anilines is 1. The third-order valence-corrected chi connectivity index (χ3v) is 3.65. The maximum Gasteiger partial charge on any atom is 0.252 e.